The Morgan fingerprint density at radius 3 is 3.00 bits per heavy atom. The molecule has 2 N–H and O–H groups in total. The first-order chi connectivity index (χ1) is 6.18. The second-order valence-corrected chi connectivity index (χ2v) is 3.69. The average molecular weight is 184 g/mol. The van der Waals surface area contributed by atoms with E-state index in [0.717, 1.165) is 17.9 Å². The lowest BCUT2D eigenvalue weighted by atomic mass is 9.85. The molecule has 0 saturated carbocycles. The zero-order valence-electron chi connectivity index (χ0n) is 7.19. The summed E-state index contributed by atoms with van der Waals surface area (Å²) in [5, 5.41) is 11.9. The minimum absolute atomic E-state index is 0.122. The maximum absolute atomic E-state index is 11.5. The Labute approximate surface area is 75.7 Å². The number of nitrogens with one attached hydrogen (secondary N) is 1. The zero-order chi connectivity index (χ0) is 9.42. The van der Waals surface area contributed by atoms with E-state index in [2.05, 4.69) is 5.32 Å². The molecule has 2 heterocycles. The minimum Gasteiger partial charge on any atom is -0.465 e. The van der Waals surface area contributed by atoms with Crippen molar-refractivity contribution in [2.24, 2.45) is 11.8 Å². The van der Waals surface area contributed by atoms with Crippen molar-refractivity contribution in [3.63, 3.8) is 0 Å². The first-order valence-corrected chi connectivity index (χ1v) is 4.43. The molecule has 0 aromatic heterocycles. The first-order valence-electron chi connectivity index (χ1n) is 4.43. The number of rotatable bonds is 0. The average Bonchev–Trinajstić information content (AvgIpc) is 2.12. The van der Waals surface area contributed by atoms with Crippen LogP contribution in [0.15, 0.2) is 0 Å². The number of carbonyl (C=O) groups excluding carboxylic acids is 1. The van der Waals surface area contributed by atoms with E-state index in [4.69, 9.17) is 5.11 Å². The summed E-state index contributed by atoms with van der Waals surface area (Å²) in [6.45, 7) is 1.81. The van der Waals surface area contributed by atoms with Crippen molar-refractivity contribution in [2.45, 2.75) is 6.42 Å². The fourth-order valence-electron chi connectivity index (χ4n) is 2.10. The molecular weight excluding hydrogens is 172 g/mol. The van der Waals surface area contributed by atoms with Crippen LogP contribution in [0.25, 0.3) is 0 Å². The third-order valence-electron chi connectivity index (χ3n) is 2.73. The van der Waals surface area contributed by atoms with E-state index in [9.17, 15) is 9.59 Å². The van der Waals surface area contributed by atoms with Crippen molar-refractivity contribution in [1.82, 2.24) is 10.2 Å². The fraction of sp³-hybridized carbons (Fsp3) is 0.750. The molecule has 0 aliphatic carbocycles. The SMILES string of the molecule is O=C(O)N1C[C@@H]2CNC[C@@H](C2)C1=O. The van der Waals surface area contributed by atoms with Crippen molar-refractivity contribution >= 4 is 12.0 Å². The molecule has 0 unspecified atom stereocenters. The number of fused-ring (bicyclic) bond motifs is 2. The van der Waals surface area contributed by atoms with Crippen LogP contribution in [0.2, 0.25) is 0 Å². The van der Waals surface area contributed by atoms with Crippen molar-refractivity contribution in [1.29, 1.82) is 0 Å². The largest absolute Gasteiger partial charge is 0.465 e. The van der Waals surface area contributed by atoms with Crippen LogP contribution in [-0.4, -0.2) is 41.6 Å². The predicted molar refractivity (Wildman–Crippen MR) is 44.2 cm³/mol. The number of carbonyl (C=O) groups is 2. The third kappa shape index (κ3) is 1.39. The zero-order valence-corrected chi connectivity index (χ0v) is 7.19. The Kier molecular flexibility index (Phi) is 1.95. The topological polar surface area (TPSA) is 69.6 Å². The van der Waals surface area contributed by atoms with Crippen LogP contribution >= 0.6 is 0 Å². The highest BCUT2D eigenvalue weighted by Crippen LogP contribution is 2.25. The number of hydrogen-bond acceptors (Lipinski definition) is 3. The van der Waals surface area contributed by atoms with E-state index in [1.807, 2.05) is 0 Å². The van der Waals surface area contributed by atoms with Gasteiger partial charge in [-0.15, -0.1) is 0 Å². The molecule has 2 fully saturated rings. The Balaban J connectivity index is 2.15. The molecule has 2 atom stereocenters. The molecule has 2 rings (SSSR count). The van der Waals surface area contributed by atoms with Gasteiger partial charge in [-0.3, -0.25) is 4.79 Å². The molecule has 72 valence electrons. The van der Waals surface area contributed by atoms with Gasteiger partial charge < -0.3 is 10.4 Å². The summed E-state index contributed by atoms with van der Waals surface area (Å²) in [5.41, 5.74) is 0. The molecule has 13 heavy (non-hydrogen) atoms. The number of piperidine rings is 2. The number of nitrogens with zero attached hydrogens (tertiary/aromatic N) is 1. The molecule has 2 amide bonds. The van der Waals surface area contributed by atoms with Crippen LogP contribution in [-0.2, 0) is 4.79 Å². The normalized spacial score (nSPS) is 33.2. The molecule has 0 spiro atoms. The third-order valence-corrected chi connectivity index (χ3v) is 2.73. The van der Waals surface area contributed by atoms with Gasteiger partial charge >= 0.3 is 6.09 Å². The molecule has 2 aliphatic heterocycles. The van der Waals surface area contributed by atoms with Gasteiger partial charge in [-0.25, -0.2) is 9.69 Å². The van der Waals surface area contributed by atoms with E-state index >= 15 is 0 Å². The highest BCUT2D eigenvalue weighted by atomic mass is 16.4. The number of carboxylic acid groups (broad SMARTS) is 1. The molecule has 2 bridgehead atoms. The highest BCUT2D eigenvalue weighted by Gasteiger charge is 2.39. The number of imide groups is 1. The summed E-state index contributed by atoms with van der Waals surface area (Å²) in [7, 11) is 0. The molecular formula is C8H12N2O3. The van der Waals surface area contributed by atoms with E-state index in [1.165, 1.54) is 0 Å². The fourth-order valence-corrected chi connectivity index (χ4v) is 2.10. The van der Waals surface area contributed by atoms with E-state index < -0.39 is 6.09 Å². The maximum Gasteiger partial charge on any atom is 0.414 e. The lowest BCUT2D eigenvalue weighted by Crippen LogP contribution is -2.55. The van der Waals surface area contributed by atoms with E-state index in [0.29, 0.717) is 19.0 Å². The van der Waals surface area contributed by atoms with Gasteiger partial charge in [0.05, 0.1) is 5.92 Å². The summed E-state index contributed by atoms with van der Waals surface area (Å²) >= 11 is 0. The maximum atomic E-state index is 11.5. The van der Waals surface area contributed by atoms with Crippen LogP contribution in [0.4, 0.5) is 4.79 Å². The Bertz CT molecular complexity index is 254. The summed E-state index contributed by atoms with van der Waals surface area (Å²) in [6.07, 6.45) is -0.267. The van der Waals surface area contributed by atoms with Crippen LogP contribution in [0.3, 0.4) is 0 Å². The van der Waals surface area contributed by atoms with Gasteiger partial charge in [-0.2, -0.15) is 0 Å². The van der Waals surface area contributed by atoms with Gasteiger partial charge in [0.2, 0.25) is 5.91 Å². The van der Waals surface area contributed by atoms with Crippen molar-refractivity contribution in [2.75, 3.05) is 19.6 Å². The van der Waals surface area contributed by atoms with Crippen LogP contribution < -0.4 is 5.32 Å². The molecule has 0 aromatic carbocycles. The number of amides is 2. The first kappa shape index (κ1) is 8.50. The predicted octanol–water partition coefficient (Wildman–Crippen LogP) is -0.268. The summed E-state index contributed by atoms with van der Waals surface area (Å²) in [5.74, 6) is -0.0490. The molecule has 5 heteroatoms. The quantitative estimate of drug-likeness (QED) is 0.544. The van der Waals surface area contributed by atoms with Crippen molar-refractivity contribution in [3.05, 3.63) is 0 Å². The van der Waals surface area contributed by atoms with Crippen molar-refractivity contribution < 1.29 is 14.7 Å². The van der Waals surface area contributed by atoms with Crippen molar-refractivity contribution in [3.8, 4) is 0 Å². The molecule has 2 saturated heterocycles. The smallest absolute Gasteiger partial charge is 0.414 e. The molecule has 0 aromatic rings. The Morgan fingerprint density at radius 2 is 2.31 bits per heavy atom. The molecule has 0 radical (unpaired) electrons. The Hall–Kier alpha value is -1.10. The van der Waals surface area contributed by atoms with Crippen LogP contribution in [0.1, 0.15) is 6.42 Å². The monoisotopic (exact) mass is 184 g/mol. The van der Waals surface area contributed by atoms with E-state index in [-0.39, 0.29) is 11.8 Å². The van der Waals surface area contributed by atoms with E-state index in [1.54, 1.807) is 0 Å². The summed E-state index contributed by atoms with van der Waals surface area (Å²) < 4.78 is 0. The summed E-state index contributed by atoms with van der Waals surface area (Å²) in [6, 6.07) is 0. The second kappa shape index (κ2) is 2.99. The van der Waals surface area contributed by atoms with Crippen LogP contribution in [0, 0.1) is 11.8 Å². The minimum atomic E-state index is -1.11. The second-order valence-electron chi connectivity index (χ2n) is 3.69. The molecule has 5 nitrogen and oxygen atoms in total. The summed E-state index contributed by atoms with van der Waals surface area (Å²) in [4.78, 5) is 23.1. The Morgan fingerprint density at radius 1 is 1.54 bits per heavy atom. The number of likely N-dealkylation sites (tertiary alicyclic amines) is 1. The van der Waals surface area contributed by atoms with Crippen LogP contribution in [0.5, 0.6) is 0 Å². The highest BCUT2D eigenvalue weighted by molar-refractivity contribution is 5.93. The standard InChI is InChI=1S/C8H12N2O3/c11-7-6-1-5(2-9-3-6)4-10(7)8(12)13/h5-6,9H,1-4H2,(H,12,13)/t5-,6+/m0/s1. The molecule has 2 aliphatic rings. The van der Waals surface area contributed by atoms with Gasteiger partial charge in [-0.1, -0.05) is 0 Å². The van der Waals surface area contributed by atoms with Gasteiger partial charge in [0.25, 0.3) is 0 Å². The lowest BCUT2D eigenvalue weighted by molar-refractivity contribution is -0.138. The number of hydrogen-bond donors (Lipinski definition) is 2. The van der Waals surface area contributed by atoms with Gasteiger partial charge in [0.1, 0.15) is 0 Å². The van der Waals surface area contributed by atoms with Gasteiger partial charge in [-0.05, 0) is 18.9 Å². The lowest BCUT2D eigenvalue weighted by Gasteiger charge is -2.38. The van der Waals surface area contributed by atoms with Gasteiger partial charge in [0, 0.05) is 13.1 Å². The van der Waals surface area contributed by atoms with Gasteiger partial charge in [0.15, 0.2) is 0 Å².